The van der Waals surface area contributed by atoms with Crippen molar-refractivity contribution >= 4 is 33.7 Å². The molecule has 0 fully saturated rings. The average molecular weight is 447 g/mol. The Hall–Kier alpha value is -2.70. The van der Waals surface area contributed by atoms with Crippen LogP contribution in [-0.2, 0) is 27.7 Å². The summed E-state index contributed by atoms with van der Waals surface area (Å²) in [4.78, 5) is 12.0. The molecule has 2 amide bonds. The number of amides is 2. The summed E-state index contributed by atoms with van der Waals surface area (Å²) in [7, 11) is -3.68. The molecule has 0 heterocycles. The molecule has 0 unspecified atom stereocenters. The van der Waals surface area contributed by atoms with Gasteiger partial charge in [0.15, 0.2) is 5.75 Å². The van der Waals surface area contributed by atoms with Crippen LogP contribution in [0.4, 0.5) is 10.5 Å². The first kappa shape index (κ1) is 23.6. The summed E-state index contributed by atoms with van der Waals surface area (Å²) in [6, 6.07) is 16.3. The predicted octanol–water partition coefficient (Wildman–Crippen LogP) is 3.90. The smallest absolute Gasteiger partial charge is 0.325 e. The van der Waals surface area contributed by atoms with Crippen molar-refractivity contribution in [1.82, 2.24) is 10.0 Å². The molecule has 7 nitrogen and oxygen atoms in total. The number of benzene rings is 2. The van der Waals surface area contributed by atoms with Gasteiger partial charge in [-0.25, -0.2) is 13.2 Å². The standard InChI is InChI=1S/C21H26N4O3S2/c1-21(2,3)18-9-7-16(8-10-18)14-23-20(26)24-29-15-17-5-4-6-19(13-17)25-30(27,28)12-11-22/h4-10,13,25H,12,14-15H2,1-3H3,(H2,23,24,26). The topological polar surface area (TPSA) is 111 Å². The van der Waals surface area contributed by atoms with Crippen molar-refractivity contribution in [1.29, 1.82) is 5.26 Å². The first-order chi connectivity index (χ1) is 14.1. The Bertz CT molecular complexity index is 1010. The summed E-state index contributed by atoms with van der Waals surface area (Å²) < 4.78 is 28.4. The molecular formula is C21H26N4O3S2. The van der Waals surface area contributed by atoms with E-state index >= 15 is 0 Å². The van der Waals surface area contributed by atoms with Crippen molar-refractivity contribution < 1.29 is 13.2 Å². The predicted molar refractivity (Wildman–Crippen MR) is 121 cm³/mol. The van der Waals surface area contributed by atoms with E-state index in [0.29, 0.717) is 18.0 Å². The number of carbonyl (C=O) groups excluding carboxylic acids is 1. The van der Waals surface area contributed by atoms with Crippen molar-refractivity contribution in [3.8, 4) is 6.07 Å². The van der Waals surface area contributed by atoms with Gasteiger partial charge in [-0.3, -0.25) is 9.44 Å². The summed E-state index contributed by atoms with van der Waals surface area (Å²) in [5, 5.41) is 11.4. The molecule has 2 aromatic rings. The van der Waals surface area contributed by atoms with Gasteiger partial charge in [-0.1, -0.05) is 57.2 Å². The molecule has 0 bridgehead atoms. The van der Waals surface area contributed by atoms with Gasteiger partial charge in [0.2, 0.25) is 10.0 Å². The minimum atomic E-state index is -3.68. The Morgan fingerprint density at radius 3 is 2.43 bits per heavy atom. The highest BCUT2D eigenvalue weighted by Crippen LogP contribution is 2.22. The number of nitriles is 1. The Balaban J connectivity index is 1.78. The SMILES string of the molecule is CC(C)(C)c1ccc(CNC(=O)NSCc2cccc(NS(=O)(=O)CC#N)c2)cc1. The third-order valence-corrected chi connectivity index (χ3v) is 5.99. The van der Waals surface area contributed by atoms with Gasteiger partial charge < -0.3 is 5.32 Å². The lowest BCUT2D eigenvalue weighted by atomic mass is 9.87. The van der Waals surface area contributed by atoms with Gasteiger partial charge in [-0.05, 0) is 46.2 Å². The first-order valence-electron chi connectivity index (χ1n) is 9.30. The van der Waals surface area contributed by atoms with Crippen molar-refractivity contribution in [2.75, 3.05) is 10.5 Å². The summed E-state index contributed by atoms with van der Waals surface area (Å²) in [6.45, 7) is 6.89. The Kier molecular flexibility index (Phi) is 8.15. The molecule has 0 aliphatic carbocycles. The van der Waals surface area contributed by atoms with E-state index < -0.39 is 15.8 Å². The van der Waals surface area contributed by atoms with E-state index in [9.17, 15) is 13.2 Å². The Morgan fingerprint density at radius 1 is 1.10 bits per heavy atom. The second kappa shape index (κ2) is 10.4. The summed E-state index contributed by atoms with van der Waals surface area (Å²) in [5.74, 6) is -0.145. The van der Waals surface area contributed by atoms with Crippen LogP contribution in [0.5, 0.6) is 0 Å². The second-order valence-electron chi connectivity index (χ2n) is 7.74. The minimum Gasteiger partial charge on any atom is -0.333 e. The molecule has 0 saturated heterocycles. The van der Waals surface area contributed by atoms with Gasteiger partial charge in [-0.2, -0.15) is 5.26 Å². The van der Waals surface area contributed by atoms with Crippen LogP contribution in [0.15, 0.2) is 48.5 Å². The number of hydrogen-bond acceptors (Lipinski definition) is 5. The van der Waals surface area contributed by atoms with Gasteiger partial charge in [0, 0.05) is 18.0 Å². The molecule has 3 N–H and O–H groups in total. The highest BCUT2D eigenvalue weighted by molar-refractivity contribution is 7.97. The van der Waals surface area contributed by atoms with Gasteiger partial charge in [0.05, 0.1) is 6.07 Å². The molecule has 0 atom stereocenters. The third-order valence-electron chi connectivity index (χ3n) is 4.13. The molecule has 0 saturated carbocycles. The molecular weight excluding hydrogens is 420 g/mol. The van der Waals surface area contributed by atoms with E-state index in [1.54, 1.807) is 24.3 Å². The molecule has 0 aliphatic rings. The number of rotatable bonds is 8. The van der Waals surface area contributed by atoms with Gasteiger partial charge in [0.1, 0.15) is 0 Å². The van der Waals surface area contributed by atoms with Crippen LogP contribution in [0.2, 0.25) is 0 Å². The van der Waals surface area contributed by atoms with Crippen LogP contribution in [0, 0.1) is 11.3 Å². The van der Waals surface area contributed by atoms with Crippen molar-refractivity contribution in [2.24, 2.45) is 0 Å². The molecule has 0 spiro atoms. The molecule has 0 aromatic heterocycles. The van der Waals surface area contributed by atoms with Crippen LogP contribution in [0.1, 0.15) is 37.5 Å². The van der Waals surface area contributed by atoms with Crippen LogP contribution >= 0.6 is 11.9 Å². The lowest BCUT2D eigenvalue weighted by molar-refractivity contribution is 0.246. The van der Waals surface area contributed by atoms with E-state index in [2.05, 4.69) is 47.7 Å². The zero-order chi connectivity index (χ0) is 22.2. The summed E-state index contributed by atoms with van der Waals surface area (Å²) >= 11 is 1.20. The van der Waals surface area contributed by atoms with E-state index in [-0.39, 0.29) is 11.4 Å². The highest BCUT2D eigenvalue weighted by Gasteiger charge is 2.13. The fourth-order valence-corrected chi connectivity index (χ4v) is 3.90. The van der Waals surface area contributed by atoms with Crippen molar-refractivity contribution in [3.05, 3.63) is 65.2 Å². The van der Waals surface area contributed by atoms with E-state index in [0.717, 1.165) is 11.1 Å². The van der Waals surface area contributed by atoms with Crippen LogP contribution < -0.4 is 14.8 Å². The van der Waals surface area contributed by atoms with E-state index in [1.807, 2.05) is 18.2 Å². The molecule has 0 aliphatic heterocycles. The third kappa shape index (κ3) is 7.97. The molecule has 30 heavy (non-hydrogen) atoms. The highest BCUT2D eigenvalue weighted by atomic mass is 32.2. The average Bonchev–Trinajstić information content (AvgIpc) is 2.66. The van der Waals surface area contributed by atoms with Crippen molar-refractivity contribution in [3.63, 3.8) is 0 Å². The largest absolute Gasteiger partial charge is 0.333 e. The lowest BCUT2D eigenvalue weighted by Gasteiger charge is -2.19. The normalized spacial score (nSPS) is 11.4. The molecule has 2 aromatic carbocycles. The maximum absolute atomic E-state index is 12.0. The quantitative estimate of drug-likeness (QED) is 0.533. The maximum atomic E-state index is 12.0. The second-order valence-corrected chi connectivity index (χ2v) is 10.2. The summed E-state index contributed by atoms with van der Waals surface area (Å²) in [6.07, 6.45) is 0. The maximum Gasteiger partial charge on any atom is 0.325 e. The van der Waals surface area contributed by atoms with Gasteiger partial charge in [-0.15, -0.1) is 0 Å². The number of carbonyl (C=O) groups is 1. The fourth-order valence-electron chi connectivity index (χ4n) is 2.55. The van der Waals surface area contributed by atoms with Crippen LogP contribution in [0.3, 0.4) is 0 Å². The minimum absolute atomic E-state index is 0.0900. The zero-order valence-electron chi connectivity index (χ0n) is 17.2. The van der Waals surface area contributed by atoms with Gasteiger partial charge in [0.25, 0.3) is 0 Å². The molecule has 2 rings (SSSR count). The number of urea groups is 1. The Morgan fingerprint density at radius 2 is 1.80 bits per heavy atom. The van der Waals surface area contributed by atoms with E-state index in [4.69, 9.17) is 5.26 Å². The number of nitrogens with zero attached hydrogens (tertiary/aromatic N) is 1. The van der Waals surface area contributed by atoms with E-state index in [1.165, 1.54) is 17.5 Å². The summed E-state index contributed by atoms with van der Waals surface area (Å²) in [5.41, 5.74) is 3.55. The van der Waals surface area contributed by atoms with Gasteiger partial charge >= 0.3 is 6.03 Å². The Labute approximate surface area is 182 Å². The number of nitrogens with one attached hydrogen (secondary N) is 3. The molecule has 0 radical (unpaired) electrons. The first-order valence-corrected chi connectivity index (χ1v) is 11.9. The number of sulfonamides is 1. The lowest BCUT2D eigenvalue weighted by Crippen LogP contribution is -2.30. The fraction of sp³-hybridized carbons (Fsp3) is 0.333. The van der Waals surface area contributed by atoms with Crippen molar-refractivity contribution in [2.45, 2.75) is 38.5 Å². The zero-order valence-corrected chi connectivity index (χ0v) is 18.9. The molecule has 160 valence electrons. The van der Waals surface area contributed by atoms with Crippen LogP contribution in [-0.4, -0.2) is 20.2 Å². The van der Waals surface area contributed by atoms with Crippen LogP contribution in [0.25, 0.3) is 0 Å². The monoisotopic (exact) mass is 446 g/mol. The number of anilines is 1. The number of hydrogen-bond donors (Lipinski definition) is 3. The molecule has 9 heteroatoms.